The van der Waals surface area contributed by atoms with Crippen LogP contribution >= 0.6 is 11.6 Å². The first-order valence-electron chi connectivity index (χ1n) is 7.63. The fourth-order valence-corrected chi connectivity index (χ4v) is 2.36. The lowest BCUT2D eigenvalue weighted by Gasteiger charge is -2.14. The van der Waals surface area contributed by atoms with Crippen LogP contribution in [0.15, 0.2) is 53.5 Å². The minimum absolute atomic E-state index is 0.0146. The predicted molar refractivity (Wildman–Crippen MR) is 96.5 cm³/mol. The number of aliphatic imine (C=N–C) groups is 1. The lowest BCUT2D eigenvalue weighted by Crippen LogP contribution is -2.22. The first-order valence-corrected chi connectivity index (χ1v) is 8.01. The van der Waals surface area contributed by atoms with Crippen molar-refractivity contribution in [3.05, 3.63) is 59.1 Å². The third-order valence-electron chi connectivity index (χ3n) is 3.53. The van der Waals surface area contributed by atoms with E-state index in [-0.39, 0.29) is 17.8 Å². The van der Waals surface area contributed by atoms with Gasteiger partial charge in [0.25, 0.3) is 0 Å². The summed E-state index contributed by atoms with van der Waals surface area (Å²) in [5.74, 6) is 0.0226. The summed E-state index contributed by atoms with van der Waals surface area (Å²) >= 11 is 5.82. The SMILES string of the molecule is CCC(Cc1ccc(N=C(N)N)cc1)C(=O)Oc1ccc(Cl)cc1. The Morgan fingerprint density at radius 2 is 1.75 bits per heavy atom. The van der Waals surface area contributed by atoms with Gasteiger partial charge in [0, 0.05) is 5.02 Å². The van der Waals surface area contributed by atoms with Gasteiger partial charge in [-0.2, -0.15) is 0 Å². The van der Waals surface area contributed by atoms with Crippen molar-refractivity contribution in [2.75, 3.05) is 0 Å². The average molecular weight is 346 g/mol. The molecule has 24 heavy (non-hydrogen) atoms. The Bertz CT molecular complexity index is 708. The largest absolute Gasteiger partial charge is 0.426 e. The first kappa shape index (κ1) is 17.8. The van der Waals surface area contributed by atoms with Crippen LogP contribution in [0.2, 0.25) is 5.02 Å². The Morgan fingerprint density at radius 3 is 2.29 bits per heavy atom. The molecule has 2 rings (SSSR count). The number of halogens is 1. The quantitative estimate of drug-likeness (QED) is 0.363. The van der Waals surface area contributed by atoms with E-state index in [2.05, 4.69) is 4.99 Å². The molecular formula is C18H20ClN3O2. The van der Waals surface area contributed by atoms with E-state index in [0.29, 0.717) is 29.3 Å². The third kappa shape index (κ3) is 5.28. The highest BCUT2D eigenvalue weighted by Gasteiger charge is 2.19. The van der Waals surface area contributed by atoms with Gasteiger partial charge in [0.1, 0.15) is 5.75 Å². The van der Waals surface area contributed by atoms with Crippen molar-refractivity contribution < 1.29 is 9.53 Å². The third-order valence-corrected chi connectivity index (χ3v) is 3.79. The molecule has 1 atom stereocenters. The van der Waals surface area contributed by atoms with Gasteiger partial charge in [-0.1, -0.05) is 30.7 Å². The minimum atomic E-state index is -0.256. The lowest BCUT2D eigenvalue weighted by atomic mass is 9.97. The summed E-state index contributed by atoms with van der Waals surface area (Å²) in [6.45, 7) is 1.96. The Labute approximate surface area is 146 Å². The maximum Gasteiger partial charge on any atom is 0.314 e. The number of rotatable bonds is 6. The van der Waals surface area contributed by atoms with Crippen LogP contribution in [0.3, 0.4) is 0 Å². The molecular weight excluding hydrogens is 326 g/mol. The fraction of sp³-hybridized carbons (Fsp3) is 0.222. The molecule has 126 valence electrons. The van der Waals surface area contributed by atoms with Crippen molar-refractivity contribution in [3.8, 4) is 5.75 Å². The van der Waals surface area contributed by atoms with Gasteiger partial charge in [-0.15, -0.1) is 0 Å². The van der Waals surface area contributed by atoms with E-state index in [1.54, 1.807) is 24.3 Å². The molecule has 2 aromatic carbocycles. The molecule has 0 aliphatic carbocycles. The van der Waals surface area contributed by atoms with Crippen LogP contribution in [-0.2, 0) is 11.2 Å². The van der Waals surface area contributed by atoms with E-state index in [4.69, 9.17) is 27.8 Å². The highest BCUT2D eigenvalue weighted by atomic mass is 35.5. The second-order valence-corrected chi connectivity index (χ2v) is 5.82. The number of benzene rings is 2. The Kier molecular flexibility index (Phi) is 6.21. The molecule has 0 saturated heterocycles. The van der Waals surface area contributed by atoms with E-state index >= 15 is 0 Å². The average Bonchev–Trinajstić information content (AvgIpc) is 2.55. The molecule has 0 aliphatic heterocycles. The Hall–Kier alpha value is -2.53. The number of guanidine groups is 1. The molecule has 6 heteroatoms. The molecule has 0 heterocycles. The van der Waals surface area contributed by atoms with Crippen LogP contribution in [0.4, 0.5) is 5.69 Å². The normalized spacial score (nSPS) is 11.6. The monoisotopic (exact) mass is 345 g/mol. The van der Waals surface area contributed by atoms with Crippen molar-refractivity contribution in [2.45, 2.75) is 19.8 Å². The molecule has 0 bridgehead atoms. The summed E-state index contributed by atoms with van der Waals surface area (Å²) in [4.78, 5) is 16.3. The second kappa shape index (κ2) is 8.36. The molecule has 0 radical (unpaired) electrons. The summed E-state index contributed by atoms with van der Waals surface area (Å²) in [5.41, 5.74) is 12.4. The number of hydrogen-bond acceptors (Lipinski definition) is 3. The highest BCUT2D eigenvalue weighted by Crippen LogP contribution is 2.21. The van der Waals surface area contributed by atoms with Gasteiger partial charge >= 0.3 is 5.97 Å². The van der Waals surface area contributed by atoms with Crippen LogP contribution < -0.4 is 16.2 Å². The number of carbonyl (C=O) groups excluding carboxylic acids is 1. The van der Waals surface area contributed by atoms with Crippen LogP contribution in [0.5, 0.6) is 5.75 Å². The van der Waals surface area contributed by atoms with Crippen molar-refractivity contribution in [2.24, 2.45) is 22.4 Å². The predicted octanol–water partition coefficient (Wildman–Crippen LogP) is 3.42. The zero-order valence-electron chi connectivity index (χ0n) is 13.4. The van der Waals surface area contributed by atoms with E-state index < -0.39 is 0 Å². The smallest absolute Gasteiger partial charge is 0.314 e. The van der Waals surface area contributed by atoms with Crippen molar-refractivity contribution in [1.82, 2.24) is 0 Å². The van der Waals surface area contributed by atoms with E-state index in [1.165, 1.54) is 0 Å². The summed E-state index contributed by atoms with van der Waals surface area (Å²) in [7, 11) is 0. The number of esters is 1. The Morgan fingerprint density at radius 1 is 1.12 bits per heavy atom. The van der Waals surface area contributed by atoms with Gasteiger partial charge in [0.05, 0.1) is 11.6 Å². The topological polar surface area (TPSA) is 90.7 Å². The maximum atomic E-state index is 12.3. The molecule has 2 aromatic rings. The first-order chi connectivity index (χ1) is 11.5. The van der Waals surface area contributed by atoms with Crippen LogP contribution in [-0.4, -0.2) is 11.9 Å². The van der Waals surface area contributed by atoms with Gasteiger partial charge in [-0.05, 0) is 54.8 Å². The van der Waals surface area contributed by atoms with E-state index in [0.717, 1.165) is 5.56 Å². The molecule has 0 aromatic heterocycles. The molecule has 5 nitrogen and oxygen atoms in total. The fourth-order valence-electron chi connectivity index (χ4n) is 2.24. The number of ether oxygens (including phenoxy) is 1. The Balaban J connectivity index is 2.01. The summed E-state index contributed by atoms with van der Waals surface area (Å²) in [5, 5.41) is 0.600. The summed E-state index contributed by atoms with van der Waals surface area (Å²) in [6.07, 6.45) is 1.27. The van der Waals surface area contributed by atoms with Gasteiger partial charge in [-0.3, -0.25) is 4.79 Å². The molecule has 0 saturated carbocycles. The van der Waals surface area contributed by atoms with Crippen molar-refractivity contribution in [3.63, 3.8) is 0 Å². The molecule has 0 fully saturated rings. The van der Waals surface area contributed by atoms with Crippen LogP contribution in [0.1, 0.15) is 18.9 Å². The van der Waals surface area contributed by atoms with Gasteiger partial charge in [0.2, 0.25) is 0 Å². The van der Waals surface area contributed by atoms with E-state index in [1.807, 2.05) is 31.2 Å². The molecule has 0 spiro atoms. The number of nitrogens with two attached hydrogens (primary N) is 2. The standard InChI is InChI=1S/C18H20ClN3O2/c1-2-13(17(23)24-16-9-5-14(19)6-10-16)11-12-3-7-15(8-4-12)22-18(20)21/h3-10,13H,2,11H2,1H3,(H4,20,21,22). The molecule has 1 unspecified atom stereocenters. The van der Waals surface area contributed by atoms with Crippen LogP contribution in [0.25, 0.3) is 0 Å². The summed E-state index contributed by atoms with van der Waals surface area (Å²) in [6, 6.07) is 14.2. The molecule has 0 amide bonds. The lowest BCUT2D eigenvalue weighted by molar-refractivity contribution is -0.139. The number of nitrogens with zero attached hydrogens (tertiary/aromatic N) is 1. The molecule has 0 aliphatic rings. The van der Waals surface area contributed by atoms with E-state index in [9.17, 15) is 4.79 Å². The maximum absolute atomic E-state index is 12.3. The number of hydrogen-bond donors (Lipinski definition) is 2. The van der Waals surface area contributed by atoms with Crippen molar-refractivity contribution >= 4 is 29.2 Å². The highest BCUT2D eigenvalue weighted by molar-refractivity contribution is 6.30. The zero-order chi connectivity index (χ0) is 17.5. The van der Waals surface area contributed by atoms with Gasteiger partial charge in [-0.25, -0.2) is 4.99 Å². The van der Waals surface area contributed by atoms with Gasteiger partial charge in [0.15, 0.2) is 5.96 Å². The molecule has 4 N–H and O–H groups in total. The zero-order valence-corrected chi connectivity index (χ0v) is 14.2. The second-order valence-electron chi connectivity index (χ2n) is 5.39. The van der Waals surface area contributed by atoms with Crippen LogP contribution in [0, 0.1) is 5.92 Å². The summed E-state index contributed by atoms with van der Waals surface area (Å²) < 4.78 is 5.42. The van der Waals surface area contributed by atoms with Gasteiger partial charge < -0.3 is 16.2 Å². The number of carbonyl (C=O) groups is 1. The van der Waals surface area contributed by atoms with Crippen molar-refractivity contribution in [1.29, 1.82) is 0 Å². The minimum Gasteiger partial charge on any atom is -0.426 e.